The second-order valence-corrected chi connectivity index (χ2v) is 10.9. The van der Waals surface area contributed by atoms with Crippen LogP contribution in [-0.4, -0.2) is 56.9 Å². The van der Waals surface area contributed by atoms with E-state index in [1.54, 1.807) is 20.0 Å². The third-order valence-electron chi connectivity index (χ3n) is 7.70. The summed E-state index contributed by atoms with van der Waals surface area (Å²) < 4.78 is 48.4. The first-order chi connectivity index (χ1) is 19.2. The van der Waals surface area contributed by atoms with Crippen LogP contribution in [0.5, 0.6) is 11.5 Å². The van der Waals surface area contributed by atoms with Crippen LogP contribution >= 0.6 is 28.3 Å². The Morgan fingerprint density at radius 3 is 2.61 bits per heavy atom. The van der Waals surface area contributed by atoms with Crippen LogP contribution in [0.2, 0.25) is 0 Å². The molecular weight excluding hydrogens is 624 g/mol. The van der Waals surface area contributed by atoms with Crippen LogP contribution in [-0.2, 0) is 20.9 Å². The van der Waals surface area contributed by atoms with Crippen molar-refractivity contribution in [2.45, 2.75) is 44.0 Å². The minimum Gasteiger partial charge on any atom is -0.496 e. The van der Waals surface area contributed by atoms with Crippen LogP contribution in [0.25, 0.3) is 10.8 Å². The highest BCUT2D eigenvalue weighted by molar-refractivity contribution is 9.10. The molecule has 0 unspecified atom stereocenters. The first-order valence-corrected chi connectivity index (χ1v) is 13.8. The van der Waals surface area contributed by atoms with Gasteiger partial charge in [-0.15, -0.1) is 12.4 Å². The molecule has 3 aromatic carbocycles. The first-order valence-electron chi connectivity index (χ1n) is 13.0. The molecule has 3 aromatic rings. The second-order valence-electron chi connectivity index (χ2n) is 9.98. The quantitative estimate of drug-likeness (QED) is 0.394. The van der Waals surface area contributed by atoms with E-state index in [4.69, 9.17) is 14.2 Å². The molecule has 0 aromatic heterocycles. The lowest BCUT2D eigenvalue weighted by Crippen LogP contribution is -2.65. The van der Waals surface area contributed by atoms with Crippen molar-refractivity contribution in [3.8, 4) is 11.5 Å². The van der Waals surface area contributed by atoms with Gasteiger partial charge in [0.15, 0.2) is 11.6 Å². The van der Waals surface area contributed by atoms with Crippen molar-refractivity contribution in [3.05, 3.63) is 64.1 Å². The number of carbonyl (C=O) groups excluding carboxylic acids is 2. The summed E-state index contributed by atoms with van der Waals surface area (Å²) >= 11 is 3.49. The molecule has 1 saturated heterocycles. The Kier molecular flexibility index (Phi) is 9.42. The highest BCUT2D eigenvalue weighted by atomic mass is 79.9. The SMILES string of the molecule is CN[C@@H](C)C(=O)N[C@H]1C(=O)N(Cc2c(OC)ccc3cc(Br)ccc23)c2ccc(F)c(F)c2OC12CCOCC2.Cl. The molecule has 2 heterocycles. The number of nitrogens with one attached hydrogen (secondary N) is 2. The zero-order valence-electron chi connectivity index (χ0n) is 22.8. The minimum atomic E-state index is -1.36. The number of ether oxygens (including phenoxy) is 3. The van der Waals surface area contributed by atoms with Crippen LogP contribution < -0.4 is 25.0 Å². The number of benzene rings is 3. The van der Waals surface area contributed by atoms with Gasteiger partial charge in [0.2, 0.25) is 11.7 Å². The molecule has 8 nitrogen and oxygen atoms in total. The molecule has 2 aliphatic heterocycles. The van der Waals surface area contributed by atoms with E-state index in [0.717, 1.165) is 21.3 Å². The molecule has 1 spiro atoms. The van der Waals surface area contributed by atoms with E-state index in [9.17, 15) is 14.0 Å². The van der Waals surface area contributed by atoms with Gasteiger partial charge in [0.1, 0.15) is 17.4 Å². The van der Waals surface area contributed by atoms with Gasteiger partial charge in [0.05, 0.1) is 38.6 Å². The smallest absolute Gasteiger partial charge is 0.254 e. The van der Waals surface area contributed by atoms with Gasteiger partial charge in [-0.1, -0.05) is 28.1 Å². The van der Waals surface area contributed by atoms with E-state index < -0.39 is 41.1 Å². The lowest BCUT2D eigenvalue weighted by Gasteiger charge is -2.41. The Labute approximate surface area is 251 Å². The number of amides is 2. The summed E-state index contributed by atoms with van der Waals surface area (Å²) in [5.41, 5.74) is -0.637. The molecule has 5 rings (SSSR count). The highest BCUT2D eigenvalue weighted by Crippen LogP contribution is 2.44. The molecule has 220 valence electrons. The van der Waals surface area contributed by atoms with Gasteiger partial charge >= 0.3 is 0 Å². The average molecular weight is 655 g/mol. The predicted octanol–water partition coefficient (Wildman–Crippen LogP) is 4.88. The molecule has 0 aliphatic carbocycles. The van der Waals surface area contributed by atoms with Gasteiger partial charge in [-0.3, -0.25) is 9.59 Å². The topological polar surface area (TPSA) is 89.1 Å². The number of nitrogens with zero attached hydrogens (tertiary/aromatic N) is 1. The molecule has 0 bridgehead atoms. The fraction of sp³-hybridized carbons (Fsp3) is 0.379. The van der Waals surface area contributed by atoms with E-state index in [0.29, 0.717) is 11.3 Å². The lowest BCUT2D eigenvalue weighted by molar-refractivity contribution is -0.138. The van der Waals surface area contributed by atoms with Gasteiger partial charge < -0.3 is 29.7 Å². The lowest BCUT2D eigenvalue weighted by atomic mass is 9.84. The van der Waals surface area contributed by atoms with Gasteiger partial charge in [0, 0.05) is 22.9 Å². The number of hydrogen-bond acceptors (Lipinski definition) is 6. The minimum absolute atomic E-state index is 0. The maximum atomic E-state index is 15.5. The maximum absolute atomic E-state index is 15.5. The van der Waals surface area contributed by atoms with Crippen LogP contribution in [0.1, 0.15) is 25.3 Å². The molecule has 2 N–H and O–H groups in total. The molecule has 0 saturated carbocycles. The number of halogens is 4. The van der Waals surface area contributed by atoms with Gasteiger partial charge in [-0.25, -0.2) is 4.39 Å². The van der Waals surface area contributed by atoms with Crippen LogP contribution in [0.3, 0.4) is 0 Å². The average Bonchev–Trinajstić information content (AvgIpc) is 3.04. The number of fused-ring (bicyclic) bond motifs is 2. The molecular formula is C29H31BrClF2N3O5. The van der Waals surface area contributed by atoms with Crippen molar-refractivity contribution in [3.63, 3.8) is 0 Å². The summed E-state index contributed by atoms with van der Waals surface area (Å²) in [5.74, 6) is -3.12. The standard InChI is InChI=1S/C29H30BrF2N3O5.ClH/c1-16(33-2)27(36)34-26-28(37)35(15-20-19-6-5-18(30)14-17(19)4-9-23(20)38-3)22-8-7-21(31)24(32)25(22)40-29(26)10-12-39-13-11-29;/h4-9,14,16,26,33H,10-13,15H2,1-3H3,(H,34,36);1H/t16-,26-;/m0./s1. The largest absolute Gasteiger partial charge is 0.496 e. The van der Waals surface area contributed by atoms with Crippen molar-refractivity contribution < 1.29 is 32.6 Å². The summed E-state index contributed by atoms with van der Waals surface area (Å²) in [5, 5.41) is 7.43. The van der Waals surface area contributed by atoms with Crippen LogP contribution in [0, 0.1) is 11.6 Å². The fourth-order valence-corrected chi connectivity index (χ4v) is 5.69. The molecule has 41 heavy (non-hydrogen) atoms. The molecule has 2 aliphatic rings. The third-order valence-corrected chi connectivity index (χ3v) is 8.20. The number of anilines is 1. The summed E-state index contributed by atoms with van der Waals surface area (Å²) in [6, 6.07) is 9.88. The van der Waals surface area contributed by atoms with E-state index in [-0.39, 0.29) is 56.4 Å². The monoisotopic (exact) mass is 653 g/mol. The number of methoxy groups -OCH3 is 1. The molecule has 12 heteroatoms. The number of likely N-dealkylation sites (N-methyl/N-ethyl adjacent to an activating group) is 1. The summed E-state index contributed by atoms with van der Waals surface area (Å²) in [7, 11) is 3.16. The van der Waals surface area contributed by atoms with E-state index in [1.807, 2.05) is 24.3 Å². The maximum Gasteiger partial charge on any atom is 0.254 e. The Bertz CT molecular complexity index is 1470. The molecule has 2 atom stereocenters. The number of carbonyl (C=O) groups is 2. The molecule has 0 radical (unpaired) electrons. The van der Waals surface area contributed by atoms with E-state index in [1.165, 1.54) is 18.1 Å². The van der Waals surface area contributed by atoms with E-state index in [2.05, 4.69) is 26.6 Å². The summed E-state index contributed by atoms with van der Waals surface area (Å²) in [6.45, 7) is 2.05. The van der Waals surface area contributed by atoms with Gasteiger partial charge in [-0.2, -0.15) is 4.39 Å². The van der Waals surface area contributed by atoms with Gasteiger partial charge in [0.25, 0.3) is 5.91 Å². The Morgan fingerprint density at radius 1 is 1.20 bits per heavy atom. The zero-order chi connectivity index (χ0) is 28.6. The Hall–Kier alpha value is -2.99. The van der Waals surface area contributed by atoms with E-state index >= 15 is 4.39 Å². The normalized spacial score (nSPS) is 18.6. The Morgan fingerprint density at radius 2 is 1.93 bits per heavy atom. The van der Waals surface area contributed by atoms with Crippen LogP contribution in [0.15, 0.2) is 46.9 Å². The summed E-state index contributed by atoms with van der Waals surface area (Å²) in [4.78, 5) is 29.0. The Balaban J connectivity index is 0.00000387. The van der Waals surface area contributed by atoms with Crippen molar-refractivity contribution in [1.82, 2.24) is 10.6 Å². The number of hydrogen-bond donors (Lipinski definition) is 2. The van der Waals surface area contributed by atoms with Crippen molar-refractivity contribution >= 4 is 56.6 Å². The second kappa shape index (κ2) is 12.5. The van der Waals surface area contributed by atoms with Crippen molar-refractivity contribution in [2.75, 3.05) is 32.3 Å². The molecule has 1 fully saturated rings. The zero-order valence-corrected chi connectivity index (χ0v) is 25.2. The third kappa shape index (κ3) is 5.73. The summed E-state index contributed by atoms with van der Waals surface area (Å²) in [6.07, 6.45) is 0.374. The fourth-order valence-electron chi connectivity index (χ4n) is 5.31. The predicted molar refractivity (Wildman–Crippen MR) is 157 cm³/mol. The van der Waals surface area contributed by atoms with Crippen LogP contribution in [0.4, 0.5) is 14.5 Å². The van der Waals surface area contributed by atoms with Crippen molar-refractivity contribution in [1.29, 1.82) is 0 Å². The highest BCUT2D eigenvalue weighted by Gasteiger charge is 2.52. The first kappa shape index (κ1) is 31.0. The molecule has 2 amide bonds. The van der Waals surface area contributed by atoms with Crippen molar-refractivity contribution in [2.24, 2.45) is 0 Å². The van der Waals surface area contributed by atoms with Gasteiger partial charge in [-0.05, 0) is 55.1 Å². The number of rotatable bonds is 6.